The third kappa shape index (κ3) is 5.19. The fourth-order valence-electron chi connectivity index (χ4n) is 3.59. The predicted molar refractivity (Wildman–Crippen MR) is 130 cm³/mol. The molecule has 0 aliphatic carbocycles. The molecular weight excluding hydrogens is 476 g/mol. The number of fused-ring (bicyclic) bond motifs is 1. The van der Waals surface area contributed by atoms with E-state index in [0.29, 0.717) is 34.2 Å². The molecule has 2 heterocycles. The van der Waals surface area contributed by atoms with Crippen molar-refractivity contribution in [3.05, 3.63) is 75.7 Å². The zero-order valence-corrected chi connectivity index (χ0v) is 20.2. The second-order valence-electron chi connectivity index (χ2n) is 7.69. The van der Waals surface area contributed by atoms with Gasteiger partial charge in [-0.3, -0.25) is 18.8 Å². The molecule has 0 fully saturated rings. The molecule has 1 amide bonds. The molecule has 2 aromatic heterocycles. The standard InChI is InChI=1S/C24H23F2N5O3S/c1-4-31-22-21(14(2)29-31)28-24(30(23(22)33)12-15-5-8-17(34-3)9-6-15)35-13-20(32)27-19-11-16(25)7-10-18(19)26/h5-11H,4,12-13H2,1-3H3,(H,27,32). The van der Waals surface area contributed by atoms with Gasteiger partial charge in [-0.1, -0.05) is 23.9 Å². The molecule has 0 bridgehead atoms. The van der Waals surface area contributed by atoms with Gasteiger partial charge in [-0.2, -0.15) is 5.10 Å². The van der Waals surface area contributed by atoms with Crippen LogP contribution in [0.1, 0.15) is 18.2 Å². The monoisotopic (exact) mass is 499 g/mol. The van der Waals surface area contributed by atoms with E-state index in [1.165, 1.54) is 4.57 Å². The molecule has 11 heteroatoms. The zero-order valence-electron chi connectivity index (χ0n) is 19.3. The highest BCUT2D eigenvalue weighted by atomic mass is 32.2. The van der Waals surface area contributed by atoms with Gasteiger partial charge >= 0.3 is 0 Å². The van der Waals surface area contributed by atoms with Crippen molar-refractivity contribution in [2.45, 2.75) is 32.1 Å². The first kappa shape index (κ1) is 24.4. The number of hydrogen-bond donors (Lipinski definition) is 1. The summed E-state index contributed by atoms with van der Waals surface area (Å²) in [6, 6.07) is 10.1. The molecule has 0 saturated heterocycles. The number of thioether (sulfide) groups is 1. The van der Waals surface area contributed by atoms with Crippen molar-refractivity contribution in [1.29, 1.82) is 0 Å². The second kappa shape index (κ2) is 10.3. The van der Waals surface area contributed by atoms with E-state index >= 15 is 0 Å². The lowest BCUT2D eigenvalue weighted by atomic mass is 10.2. The van der Waals surface area contributed by atoms with Crippen molar-refractivity contribution in [2.24, 2.45) is 0 Å². The van der Waals surface area contributed by atoms with Crippen LogP contribution in [0.25, 0.3) is 11.0 Å². The molecule has 1 N–H and O–H groups in total. The van der Waals surface area contributed by atoms with Gasteiger partial charge in [0, 0.05) is 12.6 Å². The van der Waals surface area contributed by atoms with Crippen molar-refractivity contribution >= 4 is 34.4 Å². The van der Waals surface area contributed by atoms with Crippen molar-refractivity contribution in [2.75, 3.05) is 18.2 Å². The molecule has 0 spiro atoms. The summed E-state index contributed by atoms with van der Waals surface area (Å²) >= 11 is 1.03. The average Bonchev–Trinajstić information content (AvgIpc) is 3.18. The van der Waals surface area contributed by atoms with Crippen molar-refractivity contribution in [1.82, 2.24) is 19.3 Å². The van der Waals surface area contributed by atoms with Crippen LogP contribution in [0.4, 0.5) is 14.5 Å². The SMILES string of the molecule is CCn1nc(C)c2nc(SCC(=O)Nc3cc(F)ccc3F)n(Cc3ccc(OC)cc3)c(=O)c21. The van der Waals surface area contributed by atoms with Gasteiger partial charge in [0.15, 0.2) is 10.7 Å². The quantitative estimate of drug-likeness (QED) is 0.291. The van der Waals surface area contributed by atoms with Crippen molar-refractivity contribution in [3.63, 3.8) is 0 Å². The van der Waals surface area contributed by atoms with Gasteiger partial charge in [0.1, 0.15) is 22.9 Å². The summed E-state index contributed by atoms with van der Waals surface area (Å²) in [5, 5.41) is 7.08. The lowest BCUT2D eigenvalue weighted by Crippen LogP contribution is -2.26. The molecule has 0 radical (unpaired) electrons. The summed E-state index contributed by atoms with van der Waals surface area (Å²) in [4.78, 5) is 30.7. The van der Waals surface area contributed by atoms with Crippen LogP contribution in [0.5, 0.6) is 5.75 Å². The fraction of sp³-hybridized carbons (Fsp3) is 0.250. The molecule has 8 nitrogen and oxygen atoms in total. The molecule has 0 aliphatic heterocycles. The Morgan fingerprint density at radius 3 is 2.60 bits per heavy atom. The van der Waals surface area contributed by atoms with Crippen molar-refractivity contribution < 1.29 is 18.3 Å². The van der Waals surface area contributed by atoms with Gasteiger partial charge in [-0.05, 0) is 43.7 Å². The van der Waals surface area contributed by atoms with Crippen LogP contribution in [-0.4, -0.2) is 38.1 Å². The summed E-state index contributed by atoms with van der Waals surface area (Å²) in [7, 11) is 1.57. The van der Waals surface area contributed by atoms with Crippen LogP contribution in [0.2, 0.25) is 0 Å². The van der Waals surface area contributed by atoms with Gasteiger partial charge < -0.3 is 10.1 Å². The molecule has 0 atom stereocenters. The average molecular weight is 500 g/mol. The smallest absolute Gasteiger partial charge is 0.280 e. The number of rotatable bonds is 8. The van der Waals surface area contributed by atoms with E-state index in [4.69, 9.17) is 4.74 Å². The first-order valence-corrected chi connectivity index (χ1v) is 11.8. The maximum atomic E-state index is 13.9. The Morgan fingerprint density at radius 1 is 1.17 bits per heavy atom. The molecule has 0 aliphatic rings. The highest BCUT2D eigenvalue weighted by molar-refractivity contribution is 7.99. The number of aromatic nitrogens is 4. The number of carbonyl (C=O) groups excluding carboxylic acids is 1. The second-order valence-corrected chi connectivity index (χ2v) is 8.64. The highest BCUT2D eigenvalue weighted by Gasteiger charge is 2.19. The minimum Gasteiger partial charge on any atom is -0.497 e. The largest absolute Gasteiger partial charge is 0.497 e. The minimum absolute atomic E-state index is 0.169. The van der Waals surface area contributed by atoms with Gasteiger partial charge in [-0.15, -0.1) is 0 Å². The summed E-state index contributed by atoms with van der Waals surface area (Å²) in [6.07, 6.45) is 0. The molecule has 0 saturated carbocycles. The maximum absolute atomic E-state index is 13.9. The number of halogens is 2. The Labute approximate surface area is 203 Å². The third-order valence-corrected chi connectivity index (χ3v) is 6.29. The Balaban J connectivity index is 1.67. The lowest BCUT2D eigenvalue weighted by Gasteiger charge is -2.13. The Kier molecular flexibility index (Phi) is 7.15. The number of aryl methyl sites for hydroxylation is 2. The Morgan fingerprint density at radius 2 is 1.91 bits per heavy atom. The summed E-state index contributed by atoms with van der Waals surface area (Å²) < 4.78 is 35.6. The van der Waals surface area contributed by atoms with Gasteiger partial charge in [-0.25, -0.2) is 13.8 Å². The molecular formula is C24H23F2N5O3S. The minimum atomic E-state index is -0.747. The van der Waals surface area contributed by atoms with Gasteiger partial charge in [0.2, 0.25) is 5.91 Å². The molecule has 2 aromatic carbocycles. The molecule has 4 rings (SSSR count). The van der Waals surface area contributed by atoms with E-state index in [1.807, 2.05) is 19.1 Å². The number of ether oxygens (including phenoxy) is 1. The maximum Gasteiger partial charge on any atom is 0.280 e. The van der Waals surface area contributed by atoms with Crippen molar-refractivity contribution in [3.8, 4) is 5.75 Å². The summed E-state index contributed by atoms with van der Waals surface area (Å²) in [5.41, 5.74) is 1.74. The lowest BCUT2D eigenvalue weighted by molar-refractivity contribution is -0.113. The first-order valence-electron chi connectivity index (χ1n) is 10.8. The topological polar surface area (TPSA) is 91.0 Å². The van der Waals surface area contributed by atoms with E-state index in [0.717, 1.165) is 35.5 Å². The van der Waals surface area contributed by atoms with Crippen LogP contribution >= 0.6 is 11.8 Å². The van der Waals surface area contributed by atoms with Crippen LogP contribution in [0.3, 0.4) is 0 Å². The zero-order chi connectivity index (χ0) is 25.1. The molecule has 4 aromatic rings. The fourth-order valence-corrected chi connectivity index (χ4v) is 4.38. The number of benzene rings is 2. The van der Waals surface area contributed by atoms with Gasteiger partial charge in [0.25, 0.3) is 5.56 Å². The normalized spacial score (nSPS) is 11.1. The van der Waals surface area contributed by atoms with Gasteiger partial charge in [0.05, 0.1) is 30.8 Å². The van der Waals surface area contributed by atoms with Crippen LogP contribution < -0.4 is 15.6 Å². The van der Waals surface area contributed by atoms with E-state index in [9.17, 15) is 18.4 Å². The van der Waals surface area contributed by atoms with E-state index in [-0.39, 0.29) is 23.5 Å². The highest BCUT2D eigenvalue weighted by Crippen LogP contribution is 2.23. The van der Waals surface area contributed by atoms with E-state index in [1.54, 1.807) is 30.8 Å². The summed E-state index contributed by atoms with van der Waals surface area (Å²) in [5.74, 6) is -1.46. The number of methoxy groups -OCH3 is 1. The number of nitrogens with zero attached hydrogens (tertiary/aromatic N) is 4. The van der Waals surface area contributed by atoms with Crippen LogP contribution in [0.15, 0.2) is 52.4 Å². The first-order chi connectivity index (χ1) is 16.8. The Hall–Kier alpha value is -3.73. The predicted octanol–water partition coefficient (Wildman–Crippen LogP) is 3.99. The Bertz CT molecular complexity index is 1450. The number of carbonyl (C=O) groups is 1. The van der Waals surface area contributed by atoms with E-state index in [2.05, 4.69) is 15.4 Å². The van der Waals surface area contributed by atoms with E-state index < -0.39 is 17.5 Å². The third-order valence-electron chi connectivity index (χ3n) is 5.32. The number of amides is 1. The van der Waals surface area contributed by atoms with Crippen LogP contribution in [-0.2, 0) is 17.9 Å². The molecule has 0 unspecified atom stereocenters. The number of anilines is 1. The summed E-state index contributed by atoms with van der Waals surface area (Å²) in [6.45, 7) is 4.36. The molecule has 35 heavy (non-hydrogen) atoms. The number of nitrogens with one attached hydrogen (secondary N) is 1. The number of hydrogen-bond acceptors (Lipinski definition) is 6. The van der Waals surface area contributed by atoms with Crippen LogP contribution in [0, 0.1) is 18.6 Å². The molecule has 182 valence electrons.